The van der Waals surface area contributed by atoms with Crippen LogP contribution in [0.4, 0.5) is 0 Å². The van der Waals surface area contributed by atoms with Gasteiger partial charge in [-0.25, -0.2) is 12.7 Å². The van der Waals surface area contributed by atoms with Gasteiger partial charge < -0.3 is 5.32 Å². The van der Waals surface area contributed by atoms with Gasteiger partial charge in [0, 0.05) is 13.1 Å². The van der Waals surface area contributed by atoms with Crippen molar-refractivity contribution in [2.24, 2.45) is 0 Å². The number of sulfonamides is 1. The summed E-state index contributed by atoms with van der Waals surface area (Å²) < 4.78 is 25.2. The van der Waals surface area contributed by atoms with Crippen LogP contribution in [-0.2, 0) is 10.0 Å². The summed E-state index contributed by atoms with van der Waals surface area (Å²) in [5.41, 5.74) is 0. The molecule has 0 aliphatic carbocycles. The largest absolute Gasteiger partial charge is 0.317 e. The van der Waals surface area contributed by atoms with Crippen molar-refractivity contribution in [1.29, 1.82) is 0 Å². The number of nitrogens with one attached hydrogen (secondary N) is 1. The molecule has 0 unspecified atom stereocenters. The maximum absolute atomic E-state index is 11.8. The van der Waals surface area contributed by atoms with E-state index in [9.17, 15) is 8.42 Å². The molecule has 0 atom stereocenters. The van der Waals surface area contributed by atoms with Crippen molar-refractivity contribution < 1.29 is 8.42 Å². The molecule has 1 N–H and O–H groups in total. The Hall–Kier alpha value is -0.130. The highest BCUT2D eigenvalue weighted by molar-refractivity contribution is 7.89. The van der Waals surface area contributed by atoms with Crippen LogP contribution < -0.4 is 5.32 Å². The van der Waals surface area contributed by atoms with Crippen LogP contribution in [0.3, 0.4) is 0 Å². The van der Waals surface area contributed by atoms with Gasteiger partial charge in [0.2, 0.25) is 10.0 Å². The lowest BCUT2D eigenvalue weighted by Crippen LogP contribution is -2.30. The van der Waals surface area contributed by atoms with E-state index in [1.54, 1.807) is 4.31 Å². The second-order valence-corrected chi connectivity index (χ2v) is 6.07. The third-order valence-corrected chi connectivity index (χ3v) is 4.67. The third kappa shape index (κ3) is 4.49. The molecule has 1 aliphatic rings. The Morgan fingerprint density at radius 2 is 1.87 bits per heavy atom. The van der Waals surface area contributed by atoms with Gasteiger partial charge in [0.15, 0.2) is 0 Å². The van der Waals surface area contributed by atoms with E-state index in [1.165, 1.54) is 0 Å². The summed E-state index contributed by atoms with van der Waals surface area (Å²) in [5.74, 6) is 0.318. The number of unbranched alkanes of at least 4 members (excludes halogenated alkanes) is 1. The zero-order valence-electron chi connectivity index (χ0n) is 9.54. The molecule has 1 heterocycles. The molecule has 4 nitrogen and oxygen atoms in total. The monoisotopic (exact) mass is 234 g/mol. The van der Waals surface area contributed by atoms with Crippen molar-refractivity contribution in [2.45, 2.75) is 32.6 Å². The van der Waals surface area contributed by atoms with Crippen LogP contribution in [0.1, 0.15) is 32.6 Å². The van der Waals surface area contributed by atoms with Gasteiger partial charge in [0.25, 0.3) is 0 Å². The molecule has 1 aliphatic heterocycles. The maximum atomic E-state index is 11.8. The fourth-order valence-electron chi connectivity index (χ4n) is 1.81. The Labute approximate surface area is 93.1 Å². The molecule has 0 bridgehead atoms. The lowest BCUT2D eigenvalue weighted by molar-refractivity contribution is 0.474. The smallest absolute Gasteiger partial charge is 0.214 e. The molecule has 0 amide bonds. The molecular formula is C10H22N2O2S. The van der Waals surface area contributed by atoms with E-state index in [0.717, 1.165) is 51.9 Å². The summed E-state index contributed by atoms with van der Waals surface area (Å²) in [5, 5.41) is 3.20. The van der Waals surface area contributed by atoms with Gasteiger partial charge in [0.05, 0.1) is 5.75 Å². The highest BCUT2D eigenvalue weighted by Gasteiger charge is 2.24. The molecule has 1 saturated heterocycles. The van der Waals surface area contributed by atoms with Crippen LogP contribution in [0.25, 0.3) is 0 Å². The van der Waals surface area contributed by atoms with Crippen LogP contribution >= 0.6 is 0 Å². The molecule has 15 heavy (non-hydrogen) atoms. The zero-order chi connectivity index (χ0) is 11.1. The number of hydrogen-bond acceptors (Lipinski definition) is 3. The van der Waals surface area contributed by atoms with Crippen LogP contribution in [0.15, 0.2) is 0 Å². The van der Waals surface area contributed by atoms with E-state index in [2.05, 4.69) is 12.2 Å². The second kappa shape index (κ2) is 6.45. The summed E-state index contributed by atoms with van der Waals surface area (Å²) in [6.07, 6.45) is 3.76. The molecule has 90 valence electrons. The van der Waals surface area contributed by atoms with Crippen molar-refractivity contribution in [3.63, 3.8) is 0 Å². The lowest BCUT2D eigenvalue weighted by Gasteiger charge is -2.15. The predicted molar refractivity (Wildman–Crippen MR) is 62.4 cm³/mol. The minimum absolute atomic E-state index is 0.318. The Bertz CT molecular complexity index is 259. The first-order valence-corrected chi connectivity index (χ1v) is 7.46. The molecule has 0 saturated carbocycles. The van der Waals surface area contributed by atoms with Gasteiger partial charge in [-0.05, 0) is 38.8 Å². The van der Waals surface area contributed by atoms with Crippen LogP contribution in [0.2, 0.25) is 0 Å². The number of rotatable bonds is 7. The first kappa shape index (κ1) is 12.9. The standard InChI is InChI=1S/C10H22N2O2S/c1-2-11-7-3-6-10-15(13,14)12-8-4-5-9-12/h11H,2-10H2,1H3. The van der Waals surface area contributed by atoms with Gasteiger partial charge in [-0.3, -0.25) is 0 Å². The van der Waals surface area contributed by atoms with E-state index < -0.39 is 10.0 Å². The average molecular weight is 234 g/mol. The quantitative estimate of drug-likeness (QED) is 0.663. The first-order valence-electron chi connectivity index (χ1n) is 5.85. The van der Waals surface area contributed by atoms with Crippen LogP contribution in [-0.4, -0.2) is 44.7 Å². The van der Waals surface area contributed by atoms with Crippen LogP contribution in [0, 0.1) is 0 Å². The fraction of sp³-hybridized carbons (Fsp3) is 1.00. The first-order chi connectivity index (χ1) is 7.17. The van der Waals surface area contributed by atoms with E-state index >= 15 is 0 Å². The summed E-state index contributed by atoms with van der Waals surface area (Å²) in [7, 11) is -2.94. The summed E-state index contributed by atoms with van der Waals surface area (Å²) >= 11 is 0. The van der Waals surface area contributed by atoms with Crippen molar-refractivity contribution in [2.75, 3.05) is 31.9 Å². The highest BCUT2D eigenvalue weighted by atomic mass is 32.2. The average Bonchev–Trinajstić information content (AvgIpc) is 2.70. The normalized spacial score (nSPS) is 18.5. The van der Waals surface area contributed by atoms with Crippen molar-refractivity contribution in [1.82, 2.24) is 9.62 Å². The van der Waals surface area contributed by atoms with Crippen LogP contribution in [0.5, 0.6) is 0 Å². The number of hydrogen-bond donors (Lipinski definition) is 1. The molecule has 0 aromatic rings. The molecule has 0 spiro atoms. The molecule has 0 aromatic heterocycles. The number of nitrogens with zero attached hydrogens (tertiary/aromatic N) is 1. The fourth-order valence-corrected chi connectivity index (χ4v) is 3.45. The minimum atomic E-state index is -2.94. The molecule has 5 heteroatoms. The Balaban J connectivity index is 2.18. The predicted octanol–water partition coefficient (Wildman–Crippen LogP) is 0.802. The third-order valence-electron chi connectivity index (χ3n) is 2.71. The summed E-state index contributed by atoms with van der Waals surface area (Å²) in [6, 6.07) is 0. The van der Waals surface area contributed by atoms with Crippen molar-refractivity contribution in [3.8, 4) is 0 Å². The lowest BCUT2D eigenvalue weighted by atomic mass is 10.3. The Kier molecular flexibility index (Phi) is 5.56. The Morgan fingerprint density at radius 3 is 2.47 bits per heavy atom. The molecule has 1 rings (SSSR count). The molecule has 0 radical (unpaired) electrons. The van der Waals surface area contributed by atoms with E-state index in [0.29, 0.717) is 5.75 Å². The minimum Gasteiger partial charge on any atom is -0.317 e. The summed E-state index contributed by atoms with van der Waals surface area (Å²) in [4.78, 5) is 0. The molecule has 0 aromatic carbocycles. The van der Waals surface area contributed by atoms with Gasteiger partial charge in [-0.1, -0.05) is 6.92 Å². The van der Waals surface area contributed by atoms with E-state index in [1.807, 2.05) is 0 Å². The summed E-state index contributed by atoms with van der Waals surface area (Å²) in [6.45, 7) is 5.40. The second-order valence-electron chi connectivity index (χ2n) is 3.98. The SMILES string of the molecule is CCNCCCCS(=O)(=O)N1CCCC1. The van der Waals surface area contributed by atoms with Crippen molar-refractivity contribution in [3.05, 3.63) is 0 Å². The van der Waals surface area contributed by atoms with Gasteiger partial charge in [-0.15, -0.1) is 0 Å². The van der Waals surface area contributed by atoms with E-state index in [4.69, 9.17) is 0 Å². The van der Waals surface area contributed by atoms with Gasteiger partial charge in [0.1, 0.15) is 0 Å². The molecular weight excluding hydrogens is 212 g/mol. The van der Waals surface area contributed by atoms with Gasteiger partial charge >= 0.3 is 0 Å². The maximum Gasteiger partial charge on any atom is 0.214 e. The van der Waals surface area contributed by atoms with Gasteiger partial charge in [-0.2, -0.15) is 0 Å². The van der Waals surface area contributed by atoms with Crippen molar-refractivity contribution >= 4 is 10.0 Å². The topological polar surface area (TPSA) is 49.4 Å². The molecule has 1 fully saturated rings. The zero-order valence-corrected chi connectivity index (χ0v) is 10.4. The Morgan fingerprint density at radius 1 is 1.20 bits per heavy atom. The highest BCUT2D eigenvalue weighted by Crippen LogP contribution is 2.13. The van der Waals surface area contributed by atoms with E-state index in [-0.39, 0.29) is 0 Å².